The number of tetrazole rings is 1. The molecule has 1 N–H and O–H groups in total. The van der Waals surface area contributed by atoms with Gasteiger partial charge in [0.25, 0.3) is 0 Å². The highest BCUT2D eigenvalue weighted by Gasteiger charge is 2.07. The lowest BCUT2D eigenvalue weighted by molar-refractivity contribution is 0.291. The molecule has 1 heterocycles. The number of benzene rings is 2. The summed E-state index contributed by atoms with van der Waals surface area (Å²) in [5, 5.41) is 23.9. The van der Waals surface area contributed by atoms with Gasteiger partial charge in [0.2, 0.25) is 0 Å². The van der Waals surface area contributed by atoms with Crippen LogP contribution in [0.2, 0.25) is 0 Å². The van der Waals surface area contributed by atoms with Gasteiger partial charge in [-0.25, -0.2) is 4.68 Å². The fourth-order valence-corrected chi connectivity index (χ4v) is 3.39. The summed E-state index contributed by atoms with van der Waals surface area (Å²) in [6, 6.07) is 16.3. The number of likely N-dealkylation sites (N-methyl/N-ethyl adjacent to an activating group) is 1. The summed E-state index contributed by atoms with van der Waals surface area (Å²) in [7, 11) is 1.60. The van der Waals surface area contributed by atoms with Crippen LogP contribution in [-0.4, -0.2) is 64.9 Å². The molecule has 0 bridgehead atoms. The van der Waals surface area contributed by atoms with Crippen molar-refractivity contribution in [2.75, 3.05) is 39.8 Å². The lowest BCUT2D eigenvalue weighted by atomic mass is 10.1. The minimum atomic E-state index is 0.577. The Hall–Kier alpha value is -3.28. The third-order valence-corrected chi connectivity index (χ3v) is 5.30. The van der Waals surface area contributed by atoms with Gasteiger partial charge >= 0.3 is 0 Å². The van der Waals surface area contributed by atoms with Crippen LogP contribution in [-0.2, 0) is 12.8 Å². The molecular formula is C23H29N7O. The zero-order valence-corrected chi connectivity index (χ0v) is 18.2. The summed E-state index contributed by atoms with van der Waals surface area (Å²) < 4.78 is 6.96. The summed E-state index contributed by atoms with van der Waals surface area (Å²) in [6.07, 6.45) is 3.50. The highest BCUT2D eigenvalue weighted by Crippen LogP contribution is 2.19. The summed E-state index contributed by atoms with van der Waals surface area (Å²) in [4.78, 5) is 2.43. The van der Waals surface area contributed by atoms with E-state index < -0.39 is 0 Å². The number of hydrogen-bond donors (Lipinski definition) is 1. The topological polar surface area (TPSA) is 91.9 Å². The van der Waals surface area contributed by atoms with Crippen molar-refractivity contribution in [1.82, 2.24) is 30.4 Å². The molecule has 3 aromatic rings. The van der Waals surface area contributed by atoms with Crippen LogP contribution in [0.25, 0.3) is 5.69 Å². The van der Waals surface area contributed by atoms with E-state index in [2.05, 4.69) is 50.9 Å². The standard InChI is InChI=1S/C23H29N7O/c1-3-29(14-11-20-4-7-21(17-24)23(16-20)31-2)15-13-25-12-10-19-5-8-22(9-6-19)30-18-26-27-28-30/h4-9,16,18,25H,3,10-15H2,1-2H3. The van der Waals surface area contributed by atoms with Gasteiger partial charge in [0.05, 0.1) is 18.4 Å². The lowest BCUT2D eigenvalue weighted by Gasteiger charge is -2.21. The smallest absolute Gasteiger partial charge is 0.143 e. The zero-order valence-electron chi connectivity index (χ0n) is 18.2. The second kappa shape index (κ2) is 11.8. The largest absolute Gasteiger partial charge is 0.495 e. The van der Waals surface area contributed by atoms with Crippen LogP contribution in [0.4, 0.5) is 0 Å². The van der Waals surface area contributed by atoms with Crippen molar-refractivity contribution in [2.24, 2.45) is 0 Å². The minimum Gasteiger partial charge on any atom is -0.495 e. The predicted octanol–water partition coefficient (Wildman–Crippen LogP) is 2.24. The van der Waals surface area contributed by atoms with Gasteiger partial charge in [-0.1, -0.05) is 25.1 Å². The number of nitrogens with zero attached hydrogens (tertiary/aromatic N) is 6. The number of hydrogen-bond acceptors (Lipinski definition) is 7. The molecule has 3 rings (SSSR count). The van der Waals surface area contributed by atoms with Crippen LogP contribution in [0.3, 0.4) is 0 Å². The molecular weight excluding hydrogens is 390 g/mol. The number of nitriles is 1. The summed E-state index contributed by atoms with van der Waals surface area (Å²) in [5.74, 6) is 0.649. The van der Waals surface area contributed by atoms with Crippen LogP contribution >= 0.6 is 0 Å². The normalized spacial score (nSPS) is 10.9. The van der Waals surface area contributed by atoms with Gasteiger partial charge in [-0.3, -0.25) is 0 Å². The molecule has 0 atom stereocenters. The molecule has 8 heteroatoms. The fourth-order valence-electron chi connectivity index (χ4n) is 3.39. The van der Waals surface area contributed by atoms with Crippen LogP contribution in [0.15, 0.2) is 48.8 Å². The van der Waals surface area contributed by atoms with Crippen molar-refractivity contribution in [3.05, 3.63) is 65.5 Å². The molecule has 0 amide bonds. The average Bonchev–Trinajstić information content (AvgIpc) is 3.36. The van der Waals surface area contributed by atoms with Crippen LogP contribution in [0.1, 0.15) is 23.6 Å². The average molecular weight is 420 g/mol. The van der Waals surface area contributed by atoms with E-state index in [4.69, 9.17) is 10.00 Å². The van der Waals surface area contributed by atoms with E-state index in [-0.39, 0.29) is 0 Å². The van der Waals surface area contributed by atoms with Crippen molar-refractivity contribution in [3.63, 3.8) is 0 Å². The zero-order chi connectivity index (χ0) is 21.9. The summed E-state index contributed by atoms with van der Waals surface area (Å²) in [6.45, 7) is 7.06. The summed E-state index contributed by atoms with van der Waals surface area (Å²) >= 11 is 0. The van der Waals surface area contributed by atoms with Gasteiger partial charge in [-0.2, -0.15) is 5.26 Å². The molecule has 0 fully saturated rings. The molecule has 0 aliphatic rings. The molecule has 162 valence electrons. The van der Waals surface area contributed by atoms with E-state index in [0.29, 0.717) is 11.3 Å². The van der Waals surface area contributed by atoms with Crippen molar-refractivity contribution < 1.29 is 4.74 Å². The van der Waals surface area contributed by atoms with E-state index in [0.717, 1.165) is 51.3 Å². The molecule has 8 nitrogen and oxygen atoms in total. The molecule has 0 unspecified atom stereocenters. The monoisotopic (exact) mass is 419 g/mol. The molecule has 0 spiro atoms. The van der Waals surface area contributed by atoms with Gasteiger partial charge in [0.1, 0.15) is 18.1 Å². The van der Waals surface area contributed by atoms with Crippen molar-refractivity contribution in [3.8, 4) is 17.5 Å². The van der Waals surface area contributed by atoms with Crippen molar-refractivity contribution in [2.45, 2.75) is 19.8 Å². The Balaban J connectivity index is 1.36. The third-order valence-electron chi connectivity index (χ3n) is 5.30. The number of methoxy groups -OCH3 is 1. The number of nitrogens with one attached hydrogen (secondary N) is 1. The molecule has 0 saturated heterocycles. The van der Waals surface area contributed by atoms with Crippen LogP contribution < -0.4 is 10.1 Å². The molecule has 31 heavy (non-hydrogen) atoms. The maximum Gasteiger partial charge on any atom is 0.143 e. The third kappa shape index (κ3) is 6.60. The van der Waals surface area contributed by atoms with Gasteiger partial charge < -0.3 is 15.0 Å². The Morgan fingerprint density at radius 3 is 2.55 bits per heavy atom. The SMILES string of the molecule is CCN(CCNCCc1ccc(-n2cnnn2)cc1)CCc1ccc(C#N)c(OC)c1. The predicted molar refractivity (Wildman–Crippen MR) is 119 cm³/mol. The second-order valence-electron chi connectivity index (χ2n) is 7.25. The van der Waals surface area contributed by atoms with Crippen molar-refractivity contribution >= 4 is 0 Å². The Morgan fingerprint density at radius 2 is 1.87 bits per heavy atom. The first kappa shape index (κ1) is 22.4. The van der Waals surface area contributed by atoms with Crippen LogP contribution in [0.5, 0.6) is 5.75 Å². The molecule has 0 aliphatic heterocycles. The van der Waals surface area contributed by atoms with E-state index in [1.165, 1.54) is 11.1 Å². The van der Waals surface area contributed by atoms with E-state index in [1.54, 1.807) is 18.1 Å². The minimum absolute atomic E-state index is 0.577. The second-order valence-corrected chi connectivity index (χ2v) is 7.25. The Labute approximate surface area is 183 Å². The van der Waals surface area contributed by atoms with Gasteiger partial charge in [-0.05, 0) is 71.8 Å². The first-order valence-electron chi connectivity index (χ1n) is 10.6. The lowest BCUT2D eigenvalue weighted by Crippen LogP contribution is -2.34. The molecule has 0 aliphatic carbocycles. The van der Waals surface area contributed by atoms with E-state index >= 15 is 0 Å². The number of rotatable bonds is 12. The number of aromatic nitrogens is 4. The molecule has 2 aromatic carbocycles. The van der Waals surface area contributed by atoms with Crippen LogP contribution in [0, 0.1) is 11.3 Å². The first-order valence-corrected chi connectivity index (χ1v) is 10.6. The van der Waals surface area contributed by atoms with E-state index in [9.17, 15) is 0 Å². The number of ether oxygens (including phenoxy) is 1. The molecule has 0 saturated carbocycles. The van der Waals surface area contributed by atoms with Gasteiger partial charge in [0.15, 0.2) is 0 Å². The van der Waals surface area contributed by atoms with Crippen molar-refractivity contribution in [1.29, 1.82) is 5.26 Å². The van der Waals surface area contributed by atoms with Gasteiger partial charge in [-0.15, -0.1) is 5.10 Å². The highest BCUT2D eigenvalue weighted by atomic mass is 16.5. The Morgan fingerprint density at radius 1 is 1.06 bits per heavy atom. The Kier molecular flexibility index (Phi) is 8.52. The maximum absolute atomic E-state index is 9.11. The first-order chi connectivity index (χ1) is 15.2. The maximum atomic E-state index is 9.11. The fraction of sp³-hybridized carbons (Fsp3) is 0.391. The van der Waals surface area contributed by atoms with E-state index in [1.807, 2.05) is 30.3 Å². The molecule has 0 radical (unpaired) electrons. The summed E-state index contributed by atoms with van der Waals surface area (Å²) in [5.41, 5.74) is 4.01. The Bertz CT molecular complexity index is 965. The highest BCUT2D eigenvalue weighted by molar-refractivity contribution is 5.45. The molecule has 1 aromatic heterocycles. The van der Waals surface area contributed by atoms with Gasteiger partial charge in [0, 0.05) is 19.6 Å². The quantitative estimate of drug-likeness (QED) is 0.450.